The van der Waals surface area contributed by atoms with Gasteiger partial charge in [0.25, 0.3) is 0 Å². The van der Waals surface area contributed by atoms with Crippen LogP contribution in [0, 0.1) is 6.08 Å². The van der Waals surface area contributed by atoms with E-state index < -0.39 is 0 Å². The van der Waals surface area contributed by atoms with Gasteiger partial charge in [-0.2, -0.15) is 6.08 Å². The molecule has 0 saturated heterocycles. The number of halogens is 2. The molecule has 0 bridgehead atoms. The molecule has 3 aromatic carbocycles. The van der Waals surface area contributed by atoms with Crippen molar-refractivity contribution in [2.24, 2.45) is 0 Å². The topological polar surface area (TPSA) is 4.93 Å². The summed E-state index contributed by atoms with van der Waals surface area (Å²) >= 11 is 0. The molecule has 5 rings (SSSR count). The van der Waals surface area contributed by atoms with Gasteiger partial charge >= 0.3 is 26.2 Å². The van der Waals surface area contributed by atoms with Crippen LogP contribution in [0.4, 0.5) is 0 Å². The standard InChI is InChI=1S/C17H12N.C6H7.2ClH.Zr/c1-2-7-15-12-18(11-14(15)6-1)17-10-9-13-5-3-4-8-16(13)17;1-6-4-2-3-5-6;;;/h1-12H;2,4H,3H2,1H3;2*1H;/q2*-1;;;+2. The number of nitrogens with zero attached hydrogens (tertiary/aromatic N) is 1. The Balaban J connectivity index is 0.000000354. The first kappa shape index (κ1) is 23.6. The van der Waals surface area contributed by atoms with Gasteiger partial charge in [-0.15, -0.1) is 43.4 Å². The molecular weight excluding hydrogens is 452 g/mol. The van der Waals surface area contributed by atoms with Crippen molar-refractivity contribution in [2.45, 2.75) is 13.3 Å². The van der Waals surface area contributed by atoms with Crippen molar-refractivity contribution in [1.29, 1.82) is 0 Å². The molecule has 27 heavy (non-hydrogen) atoms. The molecule has 0 N–H and O–H groups in total. The molecule has 4 aromatic rings. The summed E-state index contributed by atoms with van der Waals surface area (Å²) in [6.45, 7) is 2.06. The average Bonchev–Trinajstić information content (AvgIpc) is 3.33. The predicted octanol–water partition coefficient (Wildman–Crippen LogP) is 7.04. The maximum Gasteiger partial charge on any atom is 2.00 e. The number of rotatable bonds is 1. The summed E-state index contributed by atoms with van der Waals surface area (Å²) in [5.74, 6) is 0. The Morgan fingerprint density at radius 1 is 0.852 bits per heavy atom. The fourth-order valence-corrected chi connectivity index (χ4v) is 3.10. The summed E-state index contributed by atoms with van der Waals surface area (Å²) in [6, 6.07) is 21.3. The molecule has 0 aliphatic heterocycles. The van der Waals surface area contributed by atoms with E-state index in [9.17, 15) is 0 Å². The summed E-state index contributed by atoms with van der Waals surface area (Å²) < 4.78 is 2.22. The monoisotopic (exact) mass is 471 g/mol. The van der Waals surface area contributed by atoms with Crippen LogP contribution >= 0.6 is 24.8 Å². The van der Waals surface area contributed by atoms with Gasteiger partial charge in [-0.3, -0.25) is 6.08 Å². The van der Waals surface area contributed by atoms with E-state index in [4.69, 9.17) is 0 Å². The summed E-state index contributed by atoms with van der Waals surface area (Å²) in [5, 5.41) is 5.16. The van der Waals surface area contributed by atoms with E-state index in [1.807, 2.05) is 0 Å². The quantitative estimate of drug-likeness (QED) is 0.261. The Morgan fingerprint density at radius 2 is 1.44 bits per heavy atom. The molecule has 1 heterocycles. The summed E-state index contributed by atoms with van der Waals surface area (Å²) in [7, 11) is 0. The van der Waals surface area contributed by atoms with Crippen molar-refractivity contribution in [3.8, 4) is 5.69 Å². The fourth-order valence-electron chi connectivity index (χ4n) is 3.10. The SMILES string of the molecule is CC1=[C-]CC=C1.Cl.Cl.[Zr+2].c1ccc2cn(-[c-]3ccc4ccccc43)cc2c1. The average molecular weight is 474 g/mol. The molecule has 1 aromatic heterocycles. The number of hydrogen-bond donors (Lipinski definition) is 0. The van der Waals surface area contributed by atoms with Gasteiger partial charge < -0.3 is 4.57 Å². The van der Waals surface area contributed by atoms with Crippen LogP contribution in [0.2, 0.25) is 0 Å². The zero-order chi connectivity index (χ0) is 16.4. The molecule has 1 nitrogen and oxygen atoms in total. The molecule has 1 aliphatic carbocycles. The molecular formula is C23H21Cl2NZr. The van der Waals surface area contributed by atoms with E-state index >= 15 is 0 Å². The number of benzene rings is 2. The van der Waals surface area contributed by atoms with Crippen molar-refractivity contribution >= 4 is 46.4 Å². The second-order valence-corrected chi connectivity index (χ2v) is 6.07. The van der Waals surface area contributed by atoms with E-state index in [1.54, 1.807) is 0 Å². The first-order valence-electron chi connectivity index (χ1n) is 8.27. The van der Waals surface area contributed by atoms with Gasteiger partial charge in [-0.25, -0.2) is 11.6 Å². The van der Waals surface area contributed by atoms with Gasteiger partial charge in [0.1, 0.15) is 0 Å². The minimum absolute atomic E-state index is 0. The molecule has 136 valence electrons. The Hall–Kier alpha value is -1.47. The van der Waals surface area contributed by atoms with Crippen molar-refractivity contribution in [1.82, 2.24) is 4.57 Å². The third kappa shape index (κ3) is 5.29. The van der Waals surface area contributed by atoms with Crippen molar-refractivity contribution < 1.29 is 26.2 Å². The number of aromatic nitrogens is 1. The van der Waals surface area contributed by atoms with Gasteiger partial charge in [-0.05, 0) is 28.9 Å². The van der Waals surface area contributed by atoms with E-state index in [2.05, 4.69) is 103 Å². The predicted molar refractivity (Wildman–Crippen MR) is 117 cm³/mol. The Labute approximate surface area is 192 Å². The van der Waals surface area contributed by atoms with Crippen LogP contribution in [0.15, 0.2) is 90.8 Å². The molecule has 0 spiro atoms. The van der Waals surface area contributed by atoms with Crippen molar-refractivity contribution in [3.05, 3.63) is 96.9 Å². The first-order chi connectivity index (χ1) is 11.8. The summed E-state index contributed by atoms with van der Waals surface area (Å²) in [5.41, 5.74) is 2.52. The number of allylic oxidation sites excluding steroid dienone is 4. The second-order valence-electron chi connectivity index (χ2n) is 6.07. The smallest absolute Gasteiger partial charge is 0.402 e. The van der Waals surface area contributed by atoms with E-state index in [0.717, 1.165) is 6.42 Å². The molecule has 1 aliphatic rings. The summed E-state index contributed by atoms with van der Waals surface area (Å²) in [6.07, 6.45) is 12.7. The van der Waals surface area contributed by atoms with Crippen LogP contribution < -0.4 is 0 Å². The van der Waals surface area contributed by atoms with Gasteiger partial charge in [0.15, 0.2) is 0 Å². The third-order valence-electron chi connectivity index (χ3n) is 4.35. The van der Waals surface area contributed by atoms with Gasteiger partial charge in [-0.1, -0.05) is 66.2 Å². The maximum absolute atomic E-state index is 3.12. The Kier molecular flexibility index (Phi) is 9.39. The zero-order valence-corrected chi connectivity index (χ0v) is 19.1. The number of fused-ring (bicyclic) bond motifs is 2. The van der Waals surface area contributed by atoms with Crippen molar-refractivity contribution in [3.63, 3.8) is 0 Å². The maximum atomic E-state index is 3.12. The van der Waals surface area contributed by atoms with Crippen LogP contribution in [-0.2, 0) is 26.2 Å². The van der Waals surface area contributed by atoms with E-state index in [-0.39, 0.29) is 51.0 Å². The minimum atomic E-state index is 0. The van der Waals surface area contributed by atoms with Gasteiger partial charge in [0.05, 0.1) is 0 Å². The first-order valence-corrected chi connectivity index (χ1v) is 8.27. The van der Waals surface area contributed by atoms with Crippen molar-refractivity contribution in [2.75, 3.05) is 0 Å². The largest absolute Gasteiger partial charge is 2.00 e. The molecule has 0 fully saturated rings. The van der Waals surface area contributed by atoms with Crippen LogP contribution in [0.25, 0.3) is 27.2 Å². The molecule has 0 unspecified atom stereocenters. The van der Waals surface area contributed by atoms with Crippen LogP contribution in [-0.4, -0.2) is 4.57 Å². The fraction of sp³-hybridized carbons (Fsp3) is 0.0870. The van der Waals surface area contributed by atoms with E-state index in [0.29, 0.717) is 0 Å². The zero-order valence-electron chi connectivity index (χ0n) is 15.1. The van der Waals surface area contributed by atoms with Crippen LogP contribution in [0.3, 0.4) is 0 Å². The molecule has 4 heteroatoms. The summed E-state index contributed by atoms with van der Waals surface area (Å²) in [4.78, 5) is 0. The minimum Gasteiger partial charge on any atom is -0.402 e. The normalized spacial score (nSPS) is 11.7. The van der Waals surface area contributed by atoms with E-state index in [1.165, 1.54) is 32.8 Å². The van der Waals surface area contributed by atoms with Gasteiger partial charge in [0, 0.05) is 0 Å². The molecule has 0 atom stereocenters. The third-order valence-corrected chi connectivity index (χ3v) is 4.35. The van der Waals surface area contributed by atoms with Crippen LogP contribution in [0.1, 0.15) is 13.3 Å². The Morgan fingerprint density at radius 3 is 1.96 bits per heavy atom. The second kappa shape index (κ2) is 10.8. The van der Waals surface area contributed by atoms with Crippen LogP contribution in [0.5, 0.6) is 0 Å². The van der Waals surface area contributed by atoms with Gasteiger partial charge in [0.2, 0.25) is 0 Å². The molecule has 0 saturated carbocycles. The molecule has 0 radical (unpaired) electrons. The molecule has 0 amide bonds. The Bertz CT molecular complexity index is 1020. The number of hydrogen-bond acceptors (Lipinski definition) is 0.